The molecule has 4 amide bonds. The van der Waals surface area contributed by atoms with Crippen LogP contribution >= 0.6 is 11.8 Å². The van der Waals surface area contributed by atoms with E-state index in [0.717, 1.165) is 5.56 Å². The summed E-state index contributed by atoms with van der Waals surface area (Å²) in [7, 11) is 1.56. The second-order valence-corrected chi connectivity index (χ2v) is 11.6. The smallest absolute Gasteiger partial charge is 0.272 e. The van der Waals surface area contributed by atoms with Crippen molar-refractivity contribution in [1.82, 2.24) is 5.32 Å². The molecule has 0 aromatic heterocycles. The summed E-state index contributed by atoms with van der Waals surface area (Å²) in [6, 6.07) is 38.5. The van der Waals surface area contributed by atoms with Crippen LogP contribution in [0.25, 0.3) is 6.08 Å². The Morgan fingerprint density at radius 3 is 2.10 bits per heavy atom. The van der Waals surface area contributed by atoms with E-state index in [0.29, 0.717) is 33.1 Å². The van der Waals surface area contributed by atoms with Gasteiger partial charge in [-0.1, -0.05) is 78.9 Å². The number of thioether (sulfide) groups is 1. The first-order valence-electron chi connectivity index (χ1n) is 14.9. The van der Waals surface area contributed by atoms with Crippen molar-refractivity contribution in [3.05, 3.63) is 161 Å². The molecule has 5 aromatic carbocycles. The molecule has 0 aliphatic rings. The summed E-state index contributed by atoms with van der Waals surface area (Å²) >= 11 is 1.27. The molecule has 1 atom stereocenters. The van der Waals surface area contributed by atoms with Crippen molar-refractivity contribution >= 4 is 52.8 Å². The number of hydrogen-bond acceptors (Lipinski definition) is 6. The van der Waals surface area contributed by atoms with Crippen LogP contribution in [0.3, 0.4) is 0 Å². The molecular weight excluding hydrogens is 625 g/mol. The molecule has 0 radical (unpaired) electrons. The fourth-order valence-electron chi connectivity index (χ4n) is 4.70. The number of benzene rings is 5. The summed E-state index contributed by atoms with van der Waals surface area (Å²) in [6.07, 6.45) is 1.58. The number of hydrogen-bond donors (Lipinski definition) is 4. The number of methoxy groups -OCH3 is 1. The van der Waals surface area contributed by atoms with Crippen LogP contribution in [-0.4, -0.2) is 30.7 Å². The zero-order chi connectivity index (χ0) is 33.9. The van der Waals surface area contributed by atoms with Gasteiger partial charge in [-0.15, -0.1) is 11.8 Å². The minimum absolute atomic E-state index is 0.0294. The predicted octanol–water partition coefficient (Wildman–Crippen LogP) is 6.68. The first kappa shape index (κ1) is 33.2. The molecule has 9 nitrogen and oxygen atoms in total. The largest absolute Gasteiger partial charge is 0.497 e. The van der Waals surface area contributed by atoms with E-state index in [1.165, 1.54) is 11.8 Å². The summed E-state index contributed by atoms with van der Waals surface area (Å²) < 4.78 is 5.23. The molecule has 48 heavy (non-hydrogen) atoms. The third-order valence-electron chi connectivity index (χ3n) is 7.09. The molecule has 10 heteroatoms. The van der Waals surface area contributed by atoms with Crippen LogP contribution in [-0.2, 0) is 9.59 Å². The maximum absolute atomic E-state index is 13.7. The number of rotatable bonds is 12. The van der Waals surface area contributed by atoms with Gasteiger partial charge in [-0.25, -0.2) is 0 Å². The van der Waals surface area contributed by atoms with E-state index in [9.17, 15) is 19.2 Å². The minimum Gasteiger partial charge on any atom is -0.497 e. The highest BCUT2D eigenvalue weighted by Gasteiger charge is 2.24. The Bertz CT molecular complexity index is 1950. The Kier molecular flexibility index (Phi) is 11.0. The molecule has 1 unspecified atom stereocenters. The van der Waals surface area contributed by atoms with Gasteiger partial charge in [0.05, 0.1) is 18.4 Å². The van der Waals surface area contributed by atoms with Crippen LogP contribution in [0.5, 0.6) is 5.75 Å². The highest BCUT2D eigenvalue weighted by molar-refractivity contribution is 8.00. The topological polar surface area (TPSA) is 140 Å². The van der Waals surface area contributed by atoms with Crippen molar-refractivity contribution in [3.63, 3.8) is 0 Å². The summed E-state index contributed by atoms with van der Waals surface area (Å²) in [5.74, 6) is -1.34. The lowest BCUT2D eigenvalue weighted by atomic mass is 10.1. The molecule has 5 aromatic rings. The first-order valence-corrected chi connectivity index (χ1v) is 15.7. The van der Waals surface area contributed by atoms with Crippen molar-refractivity contribution in [2.45, 2.75) is 10.1 Å². The average Bonchev–Trinajstić information content (AvgIpc) is 3.11. The van der Waals surface area contributed by atoms with Crippen molar-refractivity contribution < 1.29 is 23.9 Å². The Morgan fingerprint density at radius 2 is 1.42 bits per heavy atom. The number of ether oxygens (including phenoxy) is 1. The molecule has 0 saturated heterocycles. The number of carbonyl (C=O) groups is 4. The van der Waals surface area contributed by atoms with Gasteiger partial charge >= 0.3 is 0 Å². The normalized spacial score (nSPS) is 11.6. The van der Waals surface area contributed by atoms with Crippen molar-refractivity contribution in [3.8, 4) is 5.75 Å². The molecule has 0 bridgehead atoms. The molecule has 0 spiro atoms. The van der Waals surface area contributed by atoms with Crippen LogP contribution in [0.2, 0.25) is 0 Å². The van der Waals surface area contributed by atoms with E-state index in [1.54, 1.807) is 110 Å². The van der Waals surface area contributed by atoms with Gasteiger partial charge < -0.3 is 26.4 Å². The standard InChI is InChI=1S/C38H32N4O5S/c1-47-29-21-19-25(20-22-29)23-33(42-36(44)27-13-6-3-7-14-27)37(45)40-28-15-10-16-30(24-28)48-34(26-11-4-2-5-12-26)38(46)41-32-18-9-8-17-31(32)35(39)43/h2-24,34H,1H3,(H2,39,43)(H,40,45)(H,41,46)(H,42,44)/b33-23+. The van der Waals surface area contributed by atoms with Gasteiger partial charge in [-0.05, 0) is 71.8 Å². The quantitative estimate of drug-likeness (QED) is 0.0873. The molecule has 5 N–H and O–H groups in total. The number of anilines is 2. The zero-order valence-electron chi connectivity index (χ0n) is 25.9. The maximum atomic E-state index is 13.7. The van der Waals surface area contributed by atoms with E-state index in [-0.39, 0.29) is 17.2 Å². The third kappa shape index (κ3) is 8.77. The van der Waals surface area contributed by atoms with E-state index < -0.39 is 23.0 Å². The average molecular weight is 657 g/mol. The predicted molar refractivity (Wildman–Crippen MR) is 189 cm³/mol. The van der Waals surface area contributed by atoms with E-state index in [4.69, 9.17) is 10.5 Å². The summed E-state index contributed by atoms with van der Waals surface area (Å²) in [6.45, 7) is 0. The van der Waals surface area contributed by atoms with Crippen molar-refractivity contribution in [2.24, 2.45) is 5.73 Å². The highest BCUT2D eigenvalue weighted by atomic mass is 32.2. The second kappa shape index (κ2) is 15.9. The number of nitrogens with one attached hydrogen (secondary N) is 3. The molecule has 240 valence electrons. The van der Waals surface area contributed by atoms with Gasteiger partial charge in [0.1, 0.15) is 16.7 Å². The van der Waals surface area contributed by atoms with Gasteiger partial charge in [0, 0.05) is 16.1 Å². The Balaban J connectivity index is 1.39. The van der Waals surface area contributed by atoms with Gasteiger partial charge in [0.25, 0.3) is 17.7 Å². The lowest BCUT2D eigenvalue weighted by Crippen LogP contribution is -2.30. The van der Waals surface area contributed by atoms with Crippen LogP contribution in [0.1, 0.15) is 37.1 Å². The van der Waals surface area contributed by atoms with Crippen molar-refractivity contribution in [2.75, 3.05) is 17.7 Å². The molecule has 0 aliphatic heterocycles. The lowest BCUT2D eigenvalue weighted by molar-refractivity contribution is -0.116. The van der Waals surface area contributed by atoms with Crippen LogP contribution < -0.4 is 26.4 Å². The molecule has 0 aliphatic carbocycles. The monoisotopic (exact) mass is 656 g/mol. The molecule has 0 heterocycles. The summed E-state index contributed by atoms with van der Waals surface area (Å²) in [5, 5.41) is 7.74. The second-order valence-electron chi connectivity index (χ2n) is 10.4. The van der Waals surface area contributed by atoms with Crippen LogP contribution in [0, 0.1) is 0 Å². The van der Waals surface area contributed by atoms with E-state index in [1.807, 2.05) is 36.4 Å². The van der Waals surface area contributed by atoms with Gasteiger partial charge in [0.15, 0.2) is 0 Å². The number of nitrogens with two attached hydrogens (primary N) is 1. The minimum atomic E-state index is -0.714. The van der Waals surface area contributed by atoms with E-state index in [2.05, 4.69) is 16.0 Å². The highest BCUT2D eigenvalue weighted by Crippen LogP contribution is 2.37. The summed E-state index contributed by atoms with van der Waals surface area (Å²) in [5.41, 5.74) is 8.32. The molecule has 0 saturated carbocycles. The number of carbonyl (C=O) groups excluding carboxylic acids is 4. The third-order valence-corrected chi connectivity index (χ3v) is 8.34. The Morgan fingerprint density at radius 1 is 0.750 bits per heavy atom. The van der Waals surface area contributed by atoms with Gasteiger partial charge in [-0.3, -0.25) is 19.2 Å². The number of amides is 4. The lowest BCUT2D eigenvalue weighted by Gasteiger charge is -2.18. The van der Waals surface area contributed by atoms with Crippen molar-refractivity contribution in [1.29, 1.82) is 0 Å². The fourth-order valence-corrected chi connectivity index (χ4v) is 5.78. The summed E-state index contributed by atoms with van der Waals surface area (Å²) in [4.78, 5) is 53.0. The molecule has 0 fully saturated rings. The SMILES string of the molecule is COc1ccc(/C=C(/NC(=O)c2ccccc2)C(=O)Nc2cccc(SC(C(=O)Nc3ccccc3C(N)=O)c3ccccc3)c2)cc1. The fraction of sp³-hybridized carbons (Fsp3) is 0.0526. The van der Waals surface area contributed by atoms with E-state index >= 15 is 0 Å². The number of para-hydroxylation sites is 1. The Labute approximate surface area is 282 Å². The van der Waals surface area contributed by atoms with Crippen LogP contribution in [0.4, 0.5) is 11.4 Å². The molecule has 5 rings (SSSR count). The molecular formula is C38H32N4O5S. The first-order chi connectivity index (χ1) is 23.3. The Hall–Kier alpha value is -6.13. The van der Waals surface area contributed by atoms with Gasteiger partial charge in [0.2, 0.25) is 5.91 Å². The van der Waals surface area contributed by atoms with Gasteiger partial charge in [-0.2, -0.15) is 0 Å². The van der Waals surface area contributed by atoms with Crippen LogP contribution in [0.15, 0.2) is 144 Å². The number of primary amides is 1. The zero-order valence-corrected chi connectivity index (χ0v) is 26.7. The maximum Gasteiger partial charge on any atom is 0.272 e.